The number of aryl methyl sites for hydroxylation is 1. The average Bonchev–Trinajstić information content (AvgIpc) is 2.83. The maximum atomic E-state index is 12.1. The fourth-order valence-electron chi connectivity index (χ4n) is 1.94. The van der Waals surface area contributed by atoms with Crippen LogP contribution in [0.15, 0.2) is 35.8 Å². The fraction of sp³-hybridized carbons (Fsp3) is 0.357. The van der Waals surface area contributed by atoms with Crippen molar-refractivity contribution < 1.29 is 8.42 Å². The average molecular weight is 310 g/mol. The molecule has 0 saturated carbocycles. The van der Waals surface area contributed by atoms with Crippen LogP contribution in [0.1, 0.15) is 29.0 Å². The topological polar surface area (TPSA) is 59.1 Å². The van der Waals surface area contributed by atoms with E-state index in [0.29, 0.717) is 6.54 Å². The zero-order chi connectivity index (χ0) is 14.6. The van der Waals surface area contributed by atoms with Gasteiger partial charge < -0.3 is 0 Å². The molecule has 1 N–H and O–H groups in total. The molecule has 0 saturated heterocycles. The molecule has 0 aliphatic carbocycles. The minimum atomic E-state index is -3.29. The molecule has 1 atom stereocenters. The maximum Gasteiger partial charge on any atom is 0.212 e. The molecule has 2 rings (SSSR count). The Labute approximate surface area is 123 Å². The zero-order valence-electron chi connectivity index (χ0n) is 11.5. The summed E-state index contributed by atoms with van der Waals surface area (Å²) in [4.78, 5) is 5.07. The summed E-state index contributed by atoms with van der Waals surface area (Å²) in [5.41, 5.74) is 3.65. The lowest BCUT2D eigenvalue weighted by atomic mass is 10.0. The molecule has 1 aromatic carbocycles. The molecule has 0 bridgehead atoms. The molecule has 0 amide bonds. The predicted octanol–water partition coefficient (Wildman–Crippen LogP) is 2.67. The van der Waals surface area contributed by atoms with Gasteiger partial charge in [-0.1, -0.05) is 37.3 Å². The third-order valence-electron chi connectivity index (χ3n) is 3.14. The molecule has 20 heavy (non-hydrogen) atoms. The lowest BCUT2D eigenvalue weighted by Crippen LogP contribution is -2.28. The first-order chi connectivity index (χ1) is 9.48. The van der Waals surface area contributed by atoms with E-state index in [-0.39, 0.29) is 11.7 Å². The SMILES string of the molecule is Cc1ncsc1CNS(=O)(=O)C[C@@H](C)c1ccccc1. The van der Waals surface area contributed by atoms with E-state index in [2.05, 4.69) is 9.71 Å². The van der Waals surface area contributed by atoms with E-state index < -0.39 is 10.0 Å². The summed E-state index contributed by atoms with van der Waals surface area (Å²) in [6.45, 7) is 4.12. The predicted molar refractivity (Wildman–Crippen MR) is 82.3 cm³/mol. The van der Waals surface area contributed by atoms with Gasteiger partial charge >= 0.3 is 0 Å². The van der Waals surface area contributed by atoms with Crippen molar-refractivity contribution in [3.63, 3.8) is 0 Å². The van der Waals surface area contributed by atoms with Crippen LogP contribution in [-0.4, -0.2) is 19.2 Å². The van der Waals surface area contributed by atoms with Crippen LogP contribution < -0.4 is 4.72 Å². The van der Waals surface area contributed by atoms with E-state index in [9.17, 15) is 8.42 Å². The molecule has 0 aliphatic rings. The lowest BCUT2D eigenvalue weighted by Gasteiger charge is -2.13. The molecule has 4 nitrogen and oxygen atoms in total. The van der Waals surface area contributed by atoms with E-state index in [4.69, 9.17) is 0 Å². The minimum absolute atomic E-state index is 0.0312. The Morgan fingerprint density at radius 1 is 1.30 bits per heavy atom. The van der Waals surface area contributed by atoms with Crippen molar-refractivity contribution in [3.8, 4) is 0 Å². The second kappa shape index (κ2) is 6.47. The van der Waals surface area contributed by atoms with E-state index in [1.165, 1.54) is 11.3 Å². The van der Waals surface area contributed by atoms with Crippen molar-refractivity contribution >= 4 is 21.4 Å². The van der Waals surface area contributed by atoms with Crippen LogP contribution in [0, 0.1) is 6.92 Å². The largest absolute Gasteiger partial charge is 0.250 e. The summed E-state index contributed by atoms with van der Waals surface area (Å²) < 4.78 is 26.8. The van der Waals surface area contributed by atoms with Crippen LogP contribution in [0.3, 0.4) is 0 Å². The number of hydrogen-bond acceptors (Lipinski definition) is 4. The third-order valence-corrected chi connectivity index (χ3v) is 5.59. The monoisotopic (exact) mass is 310 g/mol. The Bertz CT molecular complexity index is 651. The first kappa shape index (κ1) is 15.2. The quantitative estimate of drug-likeness (QED) is 0.892. The van der Waals surface area contributed by atoms with Crippen molar-refractivity contribution in [2.75, 3.05) is 5.75 Å². The van der Waals surface area contributed by atoms with Gasteiger partial charge in [-0.3, -0.25) is 0 Å². The normalized spacial score (nSPS) is 13.3. The molecule has 6 heteroatoms. The molecule has 2 aromatic rings. The summed E-state index contributed by atoms with van der Waals surface area (Å²) >= 11 is 1.47. The summed E-state index contributed by atoms with van der Waals surface area (Å²) in [7, 11) is -3.29. The minimum Gasteiger partial charge on any atom is -0.250 e. The molecule has 1 aromatic heterocycles. The highest BCUT2D eigenvalue weighted by atomic mass is 32.2. The maximum absolute atomic E-state index is 12.1. The highest BCUT2D eigenvalue weighted by Gasteiger charge is 2.17. The van der Waals surface area contributed by atoms with E-state index in [1.807, 2.05) is 44.2 Å². The molecule has 1 heterocycles. The van der Waals surface area contributed by atoms with E-state index in [0.717, 1.165) is 16.1 Å². The molecule has 0 unspecified atom stereocenters. The first-order valence-corrected chi connectivity index (χ1v) is 8.92. The van der Waals surface area contributed by atoms with Crippen molar-refractivity contribution in [1.29, 1.82) is 0 Å². The zero-order valence-corrected chi connectivity index (χ0v) is 13.2. The highest BCUT2D eigenvalue weighted by molar-refractivity contribution is 7.89. The highest BCUT2D eigenvalue weighted by Crippen LogP contribution is 2.17. The number of hydrogen-bond donors (Lipinski definition) is 1. The van der Waals surface area contributed by atoms with Gasteiger partial charge in [-0.25, -0.2) is 18.1 Å². The number of nitrogens with zero attached hydrogens (tertiary/aromatic N) is 1. The van der Waals surface area contributed by atoms with Crippen molar-refractivity contribution in [3.05, 3.63) is 52.0 Å². The Morgan fingerprint density at radius 3 is 2.60 bits per heavy atom. The molecule has 0 fully saturated rings. The van der Waals surface area contributed by atoms with Gasteiger partial charge in [0.1, 0.15) is 0 Å². The molecule has 108 valence electrons. The van der Waals surface area contributed by atoms with Crippen molar-refractivity contribution in [1.82, 2.24) is 9.71 Å². The third kappa shape index (κ3) is 4.13. The van der Waals surface area contributed by atoms with Crippen LogP contribution in [0.5, 0.6) is 0 Å². The summed E-state index contributed by atoms with van der Waals surface area (Å²) in [5.74, 6) is 0.0609. The van der Waals surface area contributed by atoms with E-state index in [1.54, 1.807) is 5.51 Å². The van der Waals surface area contributed by atoms with Gasteiger partial charge in [0, 0.05) is 11.4 Å². The van der Waals surface area contributed by atoms with E-state index >= 15 is 0 Å². The van der Waals surface area contributed by atoms with Crippen LogP contribution in [0.2, 0.25) is 0 Å². The van der Waals surface area contributed by atoms with Gasteiger partial charge in [0.15, 0.2) is 0 Å². The van der Waals surface area contributed by atoms with Crippen LogP contribution in [0.25, 0.3) is 0 Å². The van der Waals surface area contributed by atoms with Crippen molar-refractivity contribution in [2.24, 2.45) is 0 Å². The number of benzene rings is 1. The molecule has 0 aliphatic heterocycles. The second-order valence-corrected chi connectivity index (χ2v) is 7.57. The summed E-state index contributed by atoms with van der Waals surface area (Å²) in [5, 5.41) is 0. The smallest absolute Gasteiger partial charge is 0.212 e. The second-order valence-electron chi connectivity index (χ2n) is 4.78. The van der Waals surface area contributed by atoms with Crippen LogP contribution in [0.4, 0.5) is 0 Å². The number of aromatic nitrogens is 1. The van der Waals surface area contributed by atoms with Crippen LogP contribution in [-0.2, 0) is 16.6 Å². The number of rotatable bonds is 6. The van der Waals surface area contributed by atoms with Gasteiger partial charge in [-0.2, -0.15) is 0 Å². The number of thiazole rings is 1. The Balaban J connectivity index is 1.96. The number of sulfonamides is 1. The van der Waals surface area contributed by atoms with Gasteiger partial charge in [-0.05, 0) is 18.4 Å². The van der Waals surface area contributed by atoms with Gasteiger partial charge in [0.2, 0.25) is 10.0 Å². The Morgan fingerprint density at radius 2 is 2.00 bits per heavy atom. The van der Waals surface area contributed by atoms with Gasteiger partial charge in [0.25, 0.3) is 0 Å². The molecular formula is C14H18N2O2S2. The summed E-state index contributed by atoms with van der Waals surface area (Å²) in [6.07, 6.45) is 0. The van der Waals surface area contributed by atoms with Gasteiger partial charge in [-0.15, -0.1) is 11.3 Å². The lowest BCUT2D eigenvalue weighted by molar-refractivity contribution is 0.576. The Hall–Kier alpha value is -1.24. The van der Waals surface area contributed by atoms with Crippen molar-refractivity contribution in [2.45, 2.75) is 26.3 Å². The fourth-order valence-corrected chi connectivity index (χ4v) is 4.08. The van der Waals surface area contributed by atoms with Gasteiger partial charge in [0.05, 0.1) is 17.0 Å². The summed E-state index contributed by atoms with van der Waals surface area (Å²) in [6, 6.07) is 9.68. The number of nitrogens with one attached hydrogen (secondary N) is 1. The Kier molecular flexibility index (Phi) is 4.91. The molecule has 0 spiro atoms. The molecular weight excluding hydrogens is 292 g/mol. The standard InChI is InChI=1S/C14H18N2O2S2/c1-11(13-6-4-3-5-7-13)9-20(17,18)16-8-14-12(2)15-10-19-14/h3-7,10-11,16H,8-9H2,1-2H3/t11-/m1/s1. The molecule has 0 radical (unpaired) electrons. The van der Waals surface area contributed by atoms with Crippen LogP contribution >= 0.6 is 11.3 Å². The first-order valence-electron chi connectivity index (χ1n) is 6.39.